The number of fused-ring (bicyclic) bond motifs is 1. The van der Waals surface area contributed by atoms with E-state index in [1.807, 2.05) is 29.1 Å². The quantitative estimate of drug-likeness (QED) is 0.841. The molecule has 17 heavy (non-hydrogen) atoms. The molecule has 88 valence electrons. The van der Waals surface area contributed by atoms with Gasteiger partial charge in [0.1, 0.15) is 0 Å². The molecule has 0 saturated heterocycles. The van der Waals surface area contributed by atoms with Crippen molar-refractivity contribution in [1.29, 1.82) is 0 Å². The van der Waals surface area contributed by atoms with Crippen molar-refractivity contribution in [3.63, 3.8) is 0 Å². The van der Waals surface area contributed by atoms with Gasteiger partial charge in [-0.25, -0.2) is 0 Å². The van der Waals surface area contributed by atoms with E-state index >= 15 is 0 Å². The predicted octanol–water partition coefficient (Wildman–Crippen LogP) is 1.18. The Hall–Kier alpha value is -1.68. The molecule has 2 aromatic rings. The maximum Gasteiger partial charge on any atom is 0.0834 e. The summed E-state index contributed by atoms with van der Waals surface area (Å²) >= 11 is 0. The van der Waals surface area contributed by atoms with Crippen molar-refractivity contribution in [3.05, 3.63) is 47.5 Å². The SMILES string of the molecule is O[C@H]1CCc2cnn(Cc3ccccn3)c2C1. The zero-order valence-corrected chi connectivity index (χ0v) is 9.58. The minimum atomic E-state index is -0.221. The van der Waals surface area contributed by atoms with E-state index in [4.69, 9.17) is 0 Å². The van der Waals surface area contributed by atoms with E-state index in [2.05, 4.69) is 10.1 Å². The number of nitrogens with zero attached hydrogens (tertiary/aromatic N) is 3. The van der Waals surface area contributed by atoms with Gasteiger partial charge in [-0.3, -0.25) is 9.67 Å². The Balaban J connectivity index is 1.87. The molecule has 4 heteroatoms. The summed E-state index contributed by atoms with van der Waals surface area (Å²) in [4.78, 5) is 4.30. The van der Waals surface area contributed by atoms with Crippen molar-refractivity contribution in [2.45, 2.75) is 31.9 Å². The van der Waals surface area contributed by atoms with E-state index in [-0.39, 0.29) is 6.10 Å². The van der Waals surface area contributed by atoms with Crippen LogP contribution in [0.2, 0.25) is 0 Å². The third kappa shape index (κ3) is 2.08. The Labute approximate surface area is 99.9 Å². The second-order valence-corrected chi connectivity index (χ2v) is 4.49. The maximum absolute atomic E-state index is 9.71. The van der Waals surface area contributed by atoms with E-state index in [1.54, 1.807) is 6.20 Å². The van der Waals surface area contributed by atoms with Crippen molar-refractivity contribution in [1.82, 2.24) is 14.8 Å². The van der Waals surface area contributed by atoms with E-state index in [9.17, 15) is 5.11 Å². The number of aryl methyl sites for hydroxylation is 1. The Morgan fingerprint density at radius 3 is 3.18 bits per heavy atom. The molecule has 0 fully saturated rings. The maximum atomic E-state index is 9.71. The Bertz CT molecular complexity index is 507. The first kappa shape index (κ1) is 10.5. The fourth-order valence-corrected chi connectivity index (χ4v) is 2.32. The first-order valence-corrected chi connectivity index (χ1v) is 5.94. The highest BCUT2D eigenvalue weighted by atomic mass is 16.3. The third-order valence-electron chi connectivity index (χ3n) is 3.25. The summed E-state index contributed by atoms with van der Waals surface area (Å²) in [7, 11) is 0. The molecule has 1 aliphatic rings. The number of aromatic nitrogens is 3. The van der Waals surface area contributed by atoms with Crippen LogP contribution in [0.15, 0.2) is 30.6 Å². The molecule has 0 aliphatic heterocycles. The van der Waals surface area contributed by atoms with Crippen LogP contribution in [0.5, 0.6) is 0 Å². The second kappa shape index (κ2) is 4.30. The first-order valence-electron chi connectivity index (χ1n) is 5.94. The van der Waals surface area contributed by atoms with Crippen LogP contribution in [0.25, 0.3) is 0 Å². The topological polar surface area (TPSA) is 50.9 Å². The van der Waals surface area contributed by atoms with Gasteiger partial charge in [0.25, 0.3) is 0 Å². The van der Waals surface area contributed by atoms with Gasteiger partial charge in [0, 0.05) is 18.3 Å². The van der Waals surface area contributed by atoms with E-state index in [1.165, 1.54) is 5.56 Å². The molecule has 3 rings (SSSR count). The summed E-state index contributed by atoms with van der Waals surface area (Å²) in [6.45, 7) is 0.683. The van der Waals surface area contributed by atoms with Gasteiger partial charge in [0.05, 0.1) is 24.5 Å². The minimum absolute atomic E-state index is 0.221. The molecule has 0 aromatic carbocycles. The lowest BCUT2D eigenvalue weighted by Gasteiger charge is -2.18. The van der Waals surface area contributed by atoms with Crippen molar-refractivity contribution >= 4 is 0 Å². The summed E-state index contributed by atoms with van der Waals surface area (Å²) in [5, 5.41) is 14.1. The Morgan fingerprint density at radius 1 is 1.41 bits per heavy atom. The number of pyridine rings is 1. The lowest BCUT2D eigenvalue weighted by atomic mass is 9.96. The van der Waals surface area contributed by atoms with E-state index in [0.717, 1.165) is 24.2 Å². The van der Waals surface area contributed by atoms with Crippen LogP contribution in [0.3, 0.4) is 0 Å². The van der Waals surface area contributed by atoms with Crippen molar-refractivity contribution in [2.75, 3.05) is 0 Å². The van der Waals surface area contributed by atoms with Crippen LogP contribution in [0.1, 0.15) is 23.4 Å². The monoisotopic (exact) mass is 229 g/mol. The zero-order valence-electron chi connectivity index (χ0n) is 9.58. The predicted molar refractivity (Wildman–Crippen MR) is 63.6 cm³/mol. The minimum Gasteiger partial charge on any atom is -0.393 e. The molecule has 2 heterocycles. The lowest BCUT2D eigenvalue weighted by molar-refractivity contribution is 0.155. The van der Waals surface area contributed by atoms with Gasteiger partial charge >= 0.3 is 0 Å². The number of rotatable bonds is 2. The summed E-state index contributed by atoms with van der Waals surface area (Å²) in [6.07, 6.45) is 5.98. The van der Waals surface area contributed by atoms with Crippen LogP contribution < -0.4 is 0 Å². The summed E-state index contributed by atoms with van der Waals surface area (Å²) in [5.41, 5.74) is 3.43. The summed E-state index contributed by atoms with van der Waals surface area (Å²) < 4.78 is 1.96. The van der Waals surface area contributed by atoms with Crippen LogP contribution in [0.4, 0.5) is 0 Å². The molecular formula is C13H15N3O. The molecule has 0 unspecified atom stereocenters. The number of hydrogen-bond acceptors (Lipinski definition) is 3. The fraction of sp³-hybridized carbons (Fsp3) is 0.385. The highest BCUT2D eigenvalue weighted by Gasteiger charge is 2.20. The van der Waals surface area contributed by atoms with Gasteiger partial charge < -0.3 is 5.11 Å². The molecule has 0 saturated carbocycles. The fourth-order valence-electron chi connectivity index (χ4n) is 2.32. The molecule has 1 atom stereocenters. The highest BCUT2D eigenvalue weighted by Crippen LogP contribution is 2.21. The molecular weight excluding hydrogens is 214 g/mol. The third-order valence-corrected chi connectivity index (χ3v) is 3.25. The molecule has 1 N–H and O–H groups in total. The average Bonchev–Trinajstić information content (AvgIpc) is 2.73. The zero-order chi connectivity index (χ0) is 11.7. The average molecular weight is 229 g/mol. The normalized spacial score (nSPS) is 19.0. The molecule has 4 nitrogen and oxygen atoms in total. The van der Waals surface area contributed by atoms with Crippen LogP contribution in [-0.2, 0) is 19.4 Å². The molecule has 2 aromatic heterocycles. The largest absolute Gasteiger partial charge is 0.393 e. The number of hydrogen-bond donors (Lipinski definition) is 1. The molecule has 1 aliphatic carbocycles. The first-order chi connectivity index (χ1) is 8.33. The van der Waals surface area contributed by atoms with Crippen molar-refractivity contribution < 1.29 is 5.11 Å². The van der Waals surface area contributed by atoms with E-state index in [0.29, 0.717) is 13.0 Å². The van der Waals surface area contributed by atoms with Crippen molar-refractivity contribution in [3.8, 4) is 0 Å². The van der Waals surface area contributed by atoms with Gasteiger partial charge in [-0.2, -0.15) is 5.10 Å². The number of aliphatic hydroxyl groups excluding tert-OH is 1. The van der Waals surface area contributed by atoms with Crippen LogP contribution >= 0.6 is 0 Å². The Morgan fingerprint density at radius 2 is 2.35 bits per heavy atom. The molecule has 0 bridgehead atoms. The smallest absolute Gasteiger partial charge is 0.0834 e. The van der Waals surface area contributed by atoms with Gasteiger partial charge in [-0.1, -0.05) is 6.07 Å². The van der Waals surface area contributed by atoms with Gasteiger partial charge in [-0.05, 0) is 30.5 Å². The second-order valence-electron chi connectivity index (χ2n) is 4.49. The Kier molecular flexibility index (Phi) is 2.65. The molecule has 0 amide bonds. The van der Waals surface area contributed by atoms with E-state index < -0.39 is 0 Å². The van der Waals surface area contributed by atoms with Crippen LogP contribution in [0, 0.1) is 0 Å². The molecule has 0 radical (unpaired) electrons. The summed E-state index contributed by atoms with van der Waals surface area (Å²) in [5.74, 6) is 0. The van der Waals surface area contributed by atoms with Gasteiger partial charge in [-0.15, -0.1) is 0 Å². The standard InChI is InChI=1S/C13H15N3O/c17-12-5-4-10-8-15-16(13(10)7-12)9-11-3-1-2-6-14-11/h1-3,6,8,12,17H,4-5,7,9H2/t12-/m0/s1. The summed E-state index contributed by atoms with van der Waals surface area (Å²) in [6, 6.07) is 5.88. The van der Waals surface area contributed by atoms with Crippen LogP contribution in [-0.4, -0.2) is 26.0 Å². The highest BCUT2D eigenvalue weighted by molar-refractivity contribution is 5.22. The number of aliphatic hydroxyl groups is 1. The lowest BCUT2D eigenvalue weighted by Crippen LogP contribution is -2.21. The van der Waals surface area contributed by atoms with Crippen molar-refractivity contribution in [2.24, 2.45) is 0 Å². The van der Waals surface area contributed by atoms with Gasteiger partial charge in [0.15, 0.2) is 0 Å². The molecule has 0 spiro atoms. The van der Waals surface area contributed by atoms with Gasteiger partial charge in [0.2, 0.25) is 0 Å².